The van der Waals surface area contributed by atoms with Crippen molar-refractivity contribution in [2.24, 2.45) is 0 Å². The Morgan fingerprint density at radius 1 is 1.18 bits per heavy atom. The average molecular weight is 384 g/mol. The van der Waals surface area contributed by atoms with E-state index in [0.29, 0.717) is 49.4 Å². The van der Waals surface area contributed by atoms with Crippen LogP contribution in [0.5, 0.6) is 5.75 Å². The molecule has 7 nitrogen and oxygen atoms in total. The fourth-order valence-corrected chi connectivity index (χ4v) is 4.08. The van der Waals surface area contributed by atoms with Gasteiger partial charge in [-0.2, -0.15) is 4.98 Å². The Morgan fingerprint density at radius 2 is 1.93 bits per heavy atom. The first kappa shape index (κ1) is 18.9. The molecule has 0 atom stereocenters. The van der Waals surface area contributed by atoms with Crippen molar-refractivity contribution in [1.29, 1.82) is 0 Å². The molecule has 28 heavy (non-hydrogen) atoms. The normalized spacial score (nSPS) is 18.5. The lowest BCUT2D eigenvalue weighted by molar-refractivity contribution is 0.0611. The zero-order valence-corrected chi connectivity index (χ0v) is 16.5. The molecule has 1 aliphatic carbocycles. The minimum absolute atomic E-state index is 0.0324. The van der Waals surface area contributed by atoms with Crippen LogP contribution in [0.2, 0.25) is 0 Å². The highest BCUT2D eigenvalue weighted by Crippen LogP contribution is 2.32. The van der Waals surface area contributed by atoms with Gasteiger partial charge >= 0.3 is 0 Å². The molecule has 2 aliphatic rings. The smallest absolute Gasteiger partial charge is 0.257 e. The second-order valence-corrected chi connectivity index (χ2v) is 7.53. The number of carbonyl (C=O) groups is 1. The summed E-state index contributed by atoms with van der Waals surface area (Å²) in [6, 6.07) is 7.46. The molecule has 1 aromatic heterocycles. The molecule has 0 N–H and O–H groups in total. The number of benzene rings is 1. The summed E-state index contributed by atoms with van der Waals surface area (Å²) < 4.78 is 11.1. The van der Waals surface area contributed by atoms with E-state index in [1.807, 2.05) is 36.1 Å². The third kappa shape index (κ3) is 4.19. The highest BCUT2D eigenvalue weighted by molar-refractivity contribution is 5.97. The summed E-state index contributed by atoms with van der Waals surface area (Å²) >= 11 is 0. The zero-order chi connectivity index (χ0) is 19.3. The van der Waals surface area contributed by atoms with Gasteiger partial charge < -0.3 is 14.2 Å². The summed E-state index contributed by atoms with van der Waals surface area (Å²) in [6.45, 7) is 6.08. The number of ether oxygens (including phenoxy) is 1. The monoisotopic (exact) mass is 384 g/mol. The van der Waals surface area contributed by atoms with Crippen LogP contribution in [0.3, 0.4) is 0 Å². The van der Waals surface area contributed by atoms with Gasteiger partial charge in [-0.05, 0) is 31.9 Å². The minimum atomic E-state index is 0.0324. The van der Waals surface area contributed by atoms with Crippen LogP contribution in [0.15, 0.2) is 28.8 Å². The molecule has 0 radical (unpaired) electrons. The summed E-state index contributed by atoms with van der Waals surface area (Å²) in [5.74, 6) is 2.71. The second-order valence-electron chi connectivity index (χ2n) is 7.53. The van der Waals surface area contributed by atoms with Crippen molar-refractivity contribution >= 4 is 5.91 Å². The summed E-state index contributed by atoms with van der Waals surface area (Å²) in [4.78, 5) is 21.7. The number of nitrogens with zero attached hydrogens (tertiary/aromatic N) is 4. The Labute approximate surface area is 165 Å². The van der Waals surface area contributed by atoms with Gasteiger partial charge in [-0.15, -0.1) is 0 Å². The number of amides is 1. The Balaban J connectivity index is 1.31. The van der Waals surface area contributed by atoms with Gasteiger partial charge in [0.1, 0.15) is 5.75 Å². The van der Waals surface area contributed by atoms with E-state index in [0.717, 1.165) is 18.9 Å². The largest absolute Gasteiger partial charge is 0.493 e. The fraction of sp³-hybridized carbons (Fsp3) is 0.571. The maximum Gasteiger partial charge on any atom is 0.257 e. The summed E-state index contributed by atoms with van der Waals surface area (Å²) in [5.41, 5.74) is 0.635. The molecule has 1 amide bonds. The van der Waals surface area contributed by atoms with E-state index in [-0.39, 0.29) is 5.91 Å². The Morgan fingerprint density at radius 3 is 2.68 bits per heavy atom. The molecule has 7 heteroatoms. The lowest BCUT2D eigenvalue weighted by atomic mass is 10.1. The van der Waals surface area contributed by atoms with Crippen molar-refractivity contribution in [3.8, 4) is 5.75 Å². The van der Waals surface area contributed by atoms with Crippen LogP contribution in [0.1, 0.15) is 60.6 Å². The number of para-hydroxylation sites is 1. The predicted molar refractivity (Wildman–Crippen MR) is 104 cm³/mol. The van der Waals surface area contributed by atoms with Gasteiger partial charge in [0.2, 0.25) is 5.89 Å². The SMILES string of the molecule is CCOc1ccccc1C(=O)N1CCN(Cc2nc(C3CCCC3)no2)CC1. The zero-order valence-electron chi connectivity index (χ0n) is 16.5. The van der Waals surface area contributed by atoms with E-state index < -0.39 is 0 Å². The Bertz CT molecular complexity index is 792. The third-order valence-corrected chi connectivity index (χ3v) is 5.64. The van der Waals surface area contributed by atoms with E-state index in [9.17, 15) is 4.79 Å². The van der Waals surface area contributed by atoms with Crippen molar-refractivity contribution in [3.63, 3.8) is 0 Å². The second kappa shape index (κ2) is 8.73. The molecule has 2 aromatic rings. The number of hydrogen-bond donors (Lipinski definition) is 0. The van der Waals surface area contributed by atoms with E-state index in [4.69, 9.17) is 9.26 Å². The summed E-state index contributed by atoms with van der Waals surface area (Å²) in [7, 11) is 0. The molecule has 1 saturated heterocycles. The van der Waals surface area contributed by atoms with Gasteiger partial charge in [-0.1, -0.05) is 30.1 Å². The Kier molecular flexibility index (Phi) is 5.90. The Hall–Kier alpha value is -2.41. The van der Waals surface area contributed by atoms with E-state index in [1.165, 1.54) is 25.7 Å². The minimum Gasteiger partial charge on any atom is -0.493 e. The lowest BCUT2D eigenvalue weighted by Gasteiger charge is -2.34. The van der Waals surface area contributed by atoms with E-state index in [1.54, 1.807) is 0 Å². The van der Waals surface area contributed by atoms with Crippen LogP contribution in [0, 0.1) is 0 Å². The molecule has 0 bridgehead atoms. The topological polar surface area (TPSA) is 71.7 Å². The fourth-order valence-electron chi connectivity index (χ4n) is 4.08. The first-order valence-electron chi connectivity index (χ1n) is 10.3. The van der Waals surface area contributed by atoms with Crippen LogP contribution in [-0.4, -0.2) is 58.6 Å². The van der Waals surface area contributed by atoms with Crippen molar-refractivity contribution in [2.75, 3.05) is 32.8 Å². The number of carbonyl (C=O) groups excluding carboxylic acids is 1. The molecular weight excluding hydrogens is 356 g/mol. The average Bonchev–Trinajstić information content (AvgIpc) is 3.41. The molecule has 4 rings (SSSR count). The summed E-state index contributed by atoms with van der Waals surface area (Å²) in [5, 5.41) is 4.18. The third-order valence-electron chi connectivity index (χ3n) is 5.64. The van der Waals surface area contributed by atoms with Crippen molar-refractivity contribution in [1.82, 2.24) is 19.9 Å². The van der Waals surface area contributed by atoms with Gasteiger partial charge in [-0.3, -0.25) is 9.69 Å². The first-order valence-corrected chi connectivity index (χ1v) is 10.3. The van der Waals surface area contributed by atoms with Gasteiger partial charge in [0.15, 0.2) is 5.82 Å². The van der Waals surface area contributed by atoms with E-state index in [2.05, 4.69) is 15.0 Å². The summed E-state index contributed by atoms with van der Waals surface area (Å²) in [6.07, 6.45) is 4.86. The molecule has 1 aromatic carbocycles. The molecule has 1 saturated carbocycles. The van der Waals surface area contributed by atoms with Gasteiger partial charge in [-0.25, -0.2) is 0 Å². The van der Waals surface area contributed by atoms with Crippen molar-refractivity contribution < 1.29 is 14.1 Å². The maximum atomic E-state index is 12.9. The molecule has 150 valence electrons. The van der Waals surface area contributed by atoms with Crippen LogP contribution in [0.4, 0.5) is 0 Å². The van der Waals surface area contributed by atoms with Gasteiger partial charge in [0.05, 0.1) is 18.7 Å². The van der Waals surface area contributed by atoms with Crippen LogP contribution in [-0.2, 0) is 6.54 Å². The number of piperazine rings is 1. The highest BCUT2D eigenvalue weighted by atomic mass is 16.5. The van der Waals surface area contributed by atoms with E-state index >= 15 is 0 Å². The lowest BCUT2D eigenvalue weighted by Crippen LogP contribution is -2.48. The maximum absolute atomic E-state index is 12.9. The quantitative estimate of drug-likeness (QED) is 0.762. The van der Waals surface area contributed by atoms with Crippen molar-refractivity contribution in [2.45, 2.75) is 45.1 Å². The van der Waals surface area contributed by atoms with Crippen molar-refractivity contribution in [3.05, 3.63) is 41.5 Å². The van der Waals surface area contributed by atoms with Crippen LogP contribution >= 0.6 is 0 Å². The van der Waals surface area contributed by atoms with Crippen LogP contribution < -0.4 is 4.74 Å². The molecule has 1 aliphatic heterocycles. The van der Waals surface area contributed by atoms with Gasteiger partial charge in [0.25, 0.3) is 5.91 Å². The van der Waals surface area contributed by atoms with Crippen LogP contribution in [0.25, 0.3) is 0 Å². The highest BCUT2D eigenvalue weighted by Gasteiger charge is 2.26. The standard InChI is InChI=1S/C21H28N4O3/c1-2-27-18-10-6-5-9-17(18)21(26)25-13-11-24(12-14-25)15-19-22-20(23-28-19)16-7-3-4-8-16/h5-6,9-10,16H,2-4,7-8,11-15H2,1H3. The first-order chi connectivity index (χ1) is 13.7. The molecule has 2 heterocycles. The predicted octanol–water partition coefficient (Wildman–Crippen LogP) is 3.08. The molecular formula is C21H28N4O3. The van der Waals surface area contributed by atoms with Gasteiger partial charge in [0, 0.05) is 32.1 Å². The number of aromatic nitrogens is 2. The number of hydrogen-bond acceptors (Lipinski definition) is 6. The molecule has 0 spiro atoms. The molecule has 2 fully saturated rings. The molecule has 0 unspecified atom stereocenters. The number of rotatable bonds is 6.